The van der Waals surface area contributed by atoms with Crippen molar-refractivity contribution in [1.29, 1.82) is 0 Å². The third-order valence-electron chi connectivity index (χ3n) is 11.2. The number of carbonyl (C=O) groups excluding carboxylic acids is 4. The van der Waals surface area contributed by atoms with Gasteiger partial charge in [-0.2, -0.15) is 0 Å². The molecule has 0 N–H and O–H groups in total. The molecule has 0 fully saturated rings. The van der Waals surface area contributed by atoms with E-state index in [1.807, 2.05) is 0 Å². The Kier molecular flexibility index (Phi) is 56.2. The number of carboxylic acid groups (broad SMARTS) is 2. The minimum Gasteiger partial charge on any atom is -0.545 e. The van der Waals surface area contributed by atoms with E-state index in [4.69, 9.17) is 9.47 Å². The van der Waals surface area contributed by atoms with Crippen LogP contribution in [0.2, 0.25) is 0 Å². The third kappa shape index (κ3) is 45.5. The Morgan fingerprint density at radius 2 is 0.652 bits per heavy atom. The first-order valence-electron chi connectivity index (χ1n) is 27.0. The van der Waals surface area contributed by atoms with E-state index in [0.29, 0.717) is 13.2 Å². The summed E-state index contributed by atoms with van der Waals surface area (Å²) in [6, 6.07) is 11.9. The van der Waals surface area contributed by atoms with Gasteiger partial charge in [-0.05, 0) is 63.5 Å². The summed E-state index contributed by atoms with van der Waals surface area (Å²) in [5.74, 6) is -3.92. The summed E-state index contributed by atoms with van der Waals surface area (Å²) in [6.07, 6.45) is 48.1. The van der Waals surface area contributed by atoms with Gasteiger partial charge in [0.1, 0.15) is 0 Å². The molecule has 0 aromatic heterocycles. The van der Waals surface area contributed by atoms with Crippen LogP contribution in [0.1, 0.15) is 275 Å². The maximum absolute atomic E-state index is 12.0. The fourth-order valence-electron chi connectivity index (χ4n) is 6.98. The second-order valence-electron chi connectivity index (χ2n) is 17.5. The van der Waals surface area contributed by atoms with Crippen LogP contribution in [0.5, 0.6) is 0 Å². The van der Waals surface area contributed by atoms with Crippen LogP contribution >= 0.6 is 0 Å². The number of unbranched alkanes of at least 4 members (excludes halogenated alkanes) is 26. The molecule has 4 radical (unpaired) electrons. The van der Waals surface area contributed by atoms with E-state index in [9.17, 15) is 29.4 Å². The molecule has 0 spiro atoms. The van der Waals surface area contributed by atoms with Crippen LogP contribution in [-0.2, 0) is 9.47 Å². The van der Waals surface area contributed by atoms with Crippen LogP contribution in [0.15, 0.2) is 72.8 Å². The molecule has 0 atom stereocenters. The van der Waals surface area contributed by atoms with Gasteiger partial charge in [-0.1, -0.05) is 256 Å². The number of esters is 2. The third-order valence-corrected chi connectivity index (χ3v) is 11.2. The van der Waals surface area contributed by atoms with Crippen molar-refractivity contribution in [3.05, 3.63) is 109 Å². The molecule has 2 aromatic rings. The second kappa shape index (κ2) is 55.5. The van der Waals surface area contributed by atoms with Crippen LogP contribution in [-0.4, -0.2) is 61.0 Å². The Morgan fingerprint density at radius 1 is 0.391 bits per heavy atom. The zero-order chi connectivity index (χ0) is 50.6. The van der Waals surface area contributed by atoms with Gasteiger partial charge in [0.25, 0.3) is 0 Å². The van der Waals surface area contributed by atoms with Crippen LogP contribution in [0.25, 0.3) is 0 Å². The minimum absolute atomic E-state index is 0. The molecule has 0 amide bonds. The fraction of sp³-hybridized carbons (Fsp3) is 0.633. The fourth-order valence-corrected chi connectivity index (χ4v) is 6.98. The van der Waals surface area contributed by atoms with Gasteiger partial charge in [-0.15, -0.1) is 0 Å². The summed E-state index contributed by atoms with van der Waals surface area (Å²) >= 11 is 0. The normalized spacial score (nSPS) is 10.5. The molecule has 388 valence electrons. The molecule has 0 saturated heterocycles. The van der Waals surface area contributed by atoms with Gasteiger partial charge < -0.3 is 29.3 Å². The molecule has 69 heavy (non-hydrogen) atoms. The van der Waals surface area contributed by atoms with E-state index < -0.39 is 23.9 Å². The molecule has 0 bridgehead atoms. The number of benzene rings is 2. The predicted molar refractivity (Wildman–Crippen MR) is 287 cm³/mol. The molecular weight excluding hydrogens is 967 g/mol. The Balaban J connectivity index is -0.000000950. The number of aromatic carboxylic acids is 2. The van der Waals surface area contributed by atoms with Gasteiger partial charge >= 0.3 is 35.8 Å². The van der Waals surface area contributed by atoms with Gasteiger partial charge in [0.2, 0.25) is 0 Å². The average Bonchev–Trinajstić information content (AvgIpc) is 3.35. The van der Waals surface area contributed by atoms with Crippen molar-refractivity contribution in [3.8, 4) is 0 Å². The Morgan fingerprint density at radius 3 is 0.957 bits per heavy atom. The monoisotopic (exact) mass is 1060 g/mol. The van der Waals surface area contributed by atoms with E-state index >= 15 is 0 Å². The molecule has 8 nitrogen and oxygen atoms in total. The number of carboxylic acids is 2. The molecule has 2 rings (SSSR count). The first-order valence-corrected chi connectivity index (χ1v) is 27.0. The Bertz CT molecular complexity index is 1410. The van der Waals surface area contributed by atoms with Crippen LogP contribution in [0, 0.1) is 13.8 Å². The van der Waals surface area contributed by atoms with Crippen molar-refractivity contribution in [3.63, 3.8) is 0 Å². The van der Waals surface area contributed by atoms with Crippen molar-refractivity contribution < 1.29 is 38.9 Å². The van der Waals surface area contributed by atoms with Crippen molar-refractivity contribution in [2.45, 2.75) is 233 Å². The predicted octanol–water partition coefficient (Wildman–Crippen LogP) is 15.3. The molecule has 0 aliphatic rings. The molecule has 9 heteroatoms. The molecule has 0 heterocycles. The second-order valence-corrected chi connectivity index (χ2v) is 17.5. The maximum atomic E-state index is 12.0. The van der Waals surface area contributed by atoms with Crippen molar-refractivity contribution in [2.24, 2.45) is 0 Å². The quantitative estimate of drug-likeness (QED) is 0.0281. The van der Waals surface area contributed by atoms with Gasteiger partial charge in [-0.3, -0.25) is 0 Å². The maximum Gasteiger partial charge on any atom is 2.00 e. The van der Waals surface area contributed by atoms with Crippen molar-refractivity contribution in [1.82, 2.24) is 0 Å². The first-order chi connectivity index (χ1) is 33.2. The smallest absolute Gasteiger partial charge is 0.545 e. The summed E-state index contributed by atoms with van der Waals surface area (Å²) in [4.78, 5) is 45.9. The number of carbonyl (C=O) groups is 4. The largest absolute Gasteiger partial charge is 2.00 e. The molecule has 0 unspecified atom stereocenters. The summed E-state index contributed by atoms with van der Waals surface area (Å²) < 4.78 is 10.3. The van der Waals surface area contributed by atoms with Gasteiger partial charge in [0.05, 0.1) is 36.3 Å². The number of rotatable bonds is 38. The topological polar surface area (TPSA) is 133 Å². The van der Waals surface area contributed by atoms with Crippen LogP contribution in [0.4, 0.5) is 0 Å². The summed E-state index contributed by atoms with van der Waals surface area (Å²) in [5, 5.41) is 22.0. The SMILES string of the molecule is CCCC/C=C/CCCCCCCCOC(=O)c1ccccc1C(=O)[O-].CCCC/C=C/CCCCCCCCOC(=O)c1ccccc1C(=O)[O-].[CH2]CCCCCCC.[CH2]CCCCCCC.[Sn+2]. The molecule has 0 saturated carbocycles. The minimum atomic E-state index is -1.36. The van der Waals surface area contributed by atoms with E-state index in [2.05, 4.69) is 65.8 Å². The van der Waals surface area contributed by atoms with E-state index in [0.717, 1.165) is 51.4 Å². The standard InChI is InChI=1S/2C22H32O4.2C8H17.Sn/c2*1-2-3-4-5-6-7-8-9-10-11-12-15-18-26-22(25)20-17-14-13-16-19(20)21(23)24;2*1-3-5-7-8-6-4-2;/h2*5-6,13-14,16-17H,2-4,7-12,15,18H2,1H3,(H,23,24);2*1,3-8H2,2H3;/q;;;;+2/p-2/b2*6-5+;;;. The van der Waals surface area contributed by atoms with Gasteiger partial charge in [0, 0.05) is 11.1 Å². The average molecular weight is 1060 g/mol. The Hall–Kier alpha value is -3.40. The summed E-state index contributed by atoms with van der Waals surface area (Å²) in [6.45, 7) is 17.1. The number of allylic oxidation sites excluding steroid dienone is 4. The van der Waals surface area contributed by atoms with Gasteiger partial charge in [0.15, 0.2) is 0 Å². The number of hydrogen-bond acceptors (Lipinski definition) is 8. The summed E-state index contributed by atoms with van der Waals surface area (Å²) in [5.41, 5.74) is -0.138. The van der Waals surface area contributed by atoms with E-state index in [1.165, 1.54) is 178 Å². The zero-order valence-electron chi connectivity index (χ0n) is 44.2. The Labute approximate surface area is 439 Å². The number of hydrogen-bond donors (Lipinski definition) is 0. The molecule has 0 aliphatic carbocycles. The first kappa shape index (κ1) is 69.9. The zero-order valence-corrected chi connectivity index (χ0v) is 47.0. The van der Waals surface area contributed by atoms with E-state index in [1.54, 1.807) is 24.3 Å². The van der Waals surface area contributed by atoms with E-state index in [-0.39, 0.29) is 46.2 Å². The molecule has 0 aliphatic heterocycles. The van der Waals surface area contributed by atoms with Crippen molar-refractivity contribution >= 4 is 47.8 Å². The molecular formula is C60H96O8Sn. The van der Waals surface area contributed by atoms with Gasteiger partial charge in [-0.25, -0.2) is 9.59 Å². The summed E-state index contributed by atoms with van der Waals surface area (Å²) in [7, 11) is 0. The van der Waals surface area contributed by atoms with Crippen LogP contribution < -0.4 is 10.2 Å². The molecule has 2 aromatic carbocycles. The van der Waals surface area contributed by atoms with Crippen LogP contribution in [0.3, 0.4) is 0 Å². The number of ether oxygens (including phenoxy) is 2. The van der Waals surface area contributed by atoms with Crippen molar-refractivity contribution in [2.75, 3.05) is 13.2 Å².